The topological polar surface area (TPSA) is 149 Å². The Morgan fingerprint density at radius 1 is 0.660 bits per heavy atom. The zero-order chi connectivity index (χ0) is 36.7. The van der Waals surface area contributed by atoms with Gasteiger partial charge in [-0.15, -0.1) is 0 Å². The van der Waals surface area contributed by atoms with Crippen LogP contribution in [0.3, 0.4) is 0 Å². The van der Waals surface area contributed by atoms with Crippen LogP contribution in [-0.4, -0.2) is 87.5 Å². The molecule has 0 aliphatic carbocycles. The van der Waals surface area contributed by atoms with Crippen LogP contribution in [0, 0.1) is 0 Å². The second-order valence-electron chi connectivity index (χ2n) is 14.1. The van der Waals surface area contributed by atoms with Gasteiger partial charge in [0, 0.05) is 6.42 Å². The summed E-state index contributed by atoms with van der Waals surface area (Å²) in [7, 11) is 0. The Bertz CT molecular complexity index is 879. The van der Waals surface area contributed by atoms with E-state index in [0.29, 0.717) is 6.42 Å². The van der Waals surface area contributed by atoms with E-state index < -0.39 is 49.5 Å². The minimum Gasteiger partial charge on any atom is -0.394 e. The molecule has 0 saturated carbocycles. The number of carbonyl (C=O) groups is 1. The summed E-state index contributed by atoms with van der Waals surface area (Å²) >= 11 is 0. The lowest BCUT2D eigenvalue weighted by Crippen LogP contribution is -2.60. The number of unbranched alkanes of at least 4 members (excludes halogenated alkanes) is 18. The molecule has 1 saturated heterocycles. The highest BCUT2D eigenvalue weighted by molar-refractivity contribution is 5.76. The molecule has 1 aliphatic heterocycles. The van der Waals surface area contributed by atoms with Crippen molar-refractivity contribution in [3.63, 3.8) is 0 Å². The number of aliphatic hydroxyl groups excluding tert-OH is 5. The van der Waals surface area contributed by atoms with E-state index in [2.05, 4.69) is 43.5 Å². The maximum absolute atomic E-state index is 12.8. The fourth-order valence-corrected chi connectivity index (χ4v) is 6.13. The maximum Gasteiger partial charge on any atom is 0.220 e. The van der Waals surface area contributed by atoms with Crippen molar-refractivity contribution < 1.29 is 39.8 Å². The molecule has 1 fully saturated rings. The molecule has 9 nitrogen and oxygen atoms in total. The molecule has 7 unspecified atom stereocenters. The Hall–Kier alpha value is -1.59. The third-order valence-corrected chi connectivity index (χ3v) is 9.45. The van der Waals surface area contributed by atoms with Gasteiger partial charge in [0.25, 0.3) is 0 Å². The SMILES string of the molecule is CCCCCCCCCC/C=C/CC/C=C/CC/C=C/C(O)C(COC1OC(CO)C(O)C(O)C1O)NC(=O)CCCCCCCCCCC. The highest BCUT2D eigenvalue weighted by atomic mass is 16.7. The van der Waals surface area contributed by atoms with Crippen LogP contribution in [0.15, 0.2) is 36.5 Å². The number of allylic oxidation sites excluding steroid dienone is 5. The predicted octanol–water partition coefficient (Wildman–Crippen LogP) is 7.33. The Morgan fingerprint density at radius 2 is 1.14 bits per heavy atom. The highest BCUT2D eigenvalue weighted by Crippen LogP contribution is 2.22. The molecule has 1 aliphatic rings. The number of carbonyl (C=O) groups excluding carboxylic acids is 1. The fourth-order valence-electron chi connectivity index (χ4n) is 6.13. The van der Waals surface area contributed by atoms with E-state index in [0.717, 1.165) is 44.9 Å². The summed E-state index contributed by atoms with van der Waals surface area (Å²) < 4.78 is 11.1. The smallest absolute Gasteiger partial charge is 0.220 e. The monoisotopic (exact) mass is 710 g/mol. The van der Waals surface area contributed by atoms with Gasteiger partial charge in [-0.2, -0.15) is 0 Å². The summed E-state index contributed by atoms with van der Waals surface area (Å²) in [5, 5.41) is 53.9. The molecule has 0 radical (unpaired) electrons. The number of rotatable bonds is 32. The van der Waals surface area contributed by atoms with Gasteiger partial charge < -0.3 is 40.3 Å². The first kappa shape index (κ1) is 46.4. The van der Waals surface area contributed by atoms with Crippen molar-refractivity contribution in [3.05, 3.63) is 36.5 Å². The lowest BCUT2D eigenvalue weighted by atomic mass is 9.99. The van der Waals surface area contributed by atoms with Crippen LogP contribution in [0.5, 0.6) is 0 Å². The molecule has 0 aromatic carbocycles. The standard InChI is InChI=1S/C41H75NO8/c1-3-5-7-9-11-13-14-15-16-17-18-19-20-21-23-24-26-28-30-35(44)34(33-49-41-40(48)39(47)38(46)36(32-43)50-41)42-37(45)31-29-27-25-22-12-10-8-6-4-2/h17-18,21,23,28,30,34-36,38-41,43-44,46-48H,3-16,19-20,22,24-27,29,31-33H2,1-2H3,(H,42,45)/b18-17+,23-21+,30-28+. The third kappa shape index (κ3) is 23.1. The summed E-state index contributed by atoms with van der Waals surface area (Å²) in [6, 6.07) is -0.821. The third-order valence-electron chi connectivity index (χ3n) is 9.45. The van der Waals surface area contributed by atoms with Gasteiger partial charge in [0.15, 0.2) is 6.29 Å². The average molecular weight is 710 g/mol. The largest absolute Gasteiger partial charge is 0.394 e. The van der Waals surface area contributed by atoms with Crippen LogP contribution in [-0.2, 0) is 14.3 Å². The van der Waals surface area contributed by atoms with Gasteiger partial charge in [-0.25, -0.2) is 0 Å². The summed E-state index contributed by atoms with van der Waals surface area (Å²) in [4.78, 5) is 12.8. The first-order valence-corrected chi connectivity index (χ1v) is 20.2. The van der Waals surface area contributed by atoms with Crippen LogP contribution in [0.1, 0.15) is 162 Å². The van der Waals surface area contributed by atoms with E-state index in [9.17, 15) is 30.3 Å². The van der Waals surface area contributed by atoms with Crippen molar-refractivity contribution >= 4 is 5.91 Å². The van der Waals surface area contributed by atoms with Gasteiger partial charge in [0.2, 0.25) is 5.91 Å². The lowest BCUT2D eigenvalue weighted by Gasteiger charge is -2.40. The van der Waals surface area contributed by atoms with Crippen molar-refractivity contribution in [2.75, 3.05) is 13.2 Å². The molecule has 1 heterocycles. The van der Waals surface area contributed by atoms with Crippen LogP contribution in [0.25, 0.3) is 0 Å². The Kier molecular flexibility index (Phi) is 29.8. The summed E-state index contributed by atoms with van der Waals surface area (Å²) in [5.74, 6) is -0.197. The molecule has 0 spiro atoms. The minimum absolute atomic E-state index is 0.197. The van der Waals surface area contributed by atoms with Gasteiger partial charge in [-0.1, -0.05) is 147 Å². The predicted molar refractivity (Wildman–Crippen MR) is 203 cm³/mol. The molecule has 9 heteroatoms. The van der Waals surface area contributed by atoms with Crippen molar-refractivity contribution in [3.8, 4) is 0 Å². The van der Waals surface area contributed by atoms with Crippen LogP contribution >= 0.6 is 0 Å². The normalized spacial score (nSPS) is 22.6. The first-order chi connectivity index (χ1) is 24.3. The van der Waals surface area contributed by atoms with Crippen LogP contribution in [0.2, 0.25) is 0 Å². The van der Waals surface area contributed by atoms with Gasteiger partial charge in [-0.05, 0) is 44.9 Å². The Balaban J connectivity index is 2.45. The molecule has 1 amide bonds. The minimum atomic E-state index is -1.57. The highest BCUT2D eigenvalue weighted by Gasteiger charge is 2.44. The summed E-state index contributed by atoms with van der Waals surface area (Å²) in [6.45, 7) is 3.70. The molecule has 0 bridgehead atoms. The molecule has 1 rings (SSSR count). The van der Waals surface area contributed by atoms with Gasteiger partial charge in [-0.3, -0.25) is 4.79 Å². The van der Waals surface area contributed by atoms with Crippen molar-refractivity contribution in [2.45, 2.75) is 204 Å². The molecule has 6 N–H and O–H groups in total. The van der Waals surface area contributed by atoms with E-state index in [1.54, 1.807) is 6.08 Å². The summed E-state index contributed by atoms with van der Waals surface area (Å²) in [6.07, 6.45) is 30.5. The number of hydrogen-bond donors (Lipinski definition) is 6. The Labute approximate surface area is 304 Å². The van der Waals surface area contributed by atoms with E-state index in [1.807, 2.05) is 6.08 Å². The summed E-state index contributed by atoms with van der Waals surface area (Å²) in [5.41, 5.74) is 0. The van der Waals surface area contributed by atoms with Gasteiger partial charge >= 0.3 is 0 Å². The van der Waals surface area contributed by atoms with Crippen LogP contribution < -0.4 is 5.32 Å². The number of nitrogens with one attached hydrogen (secondary N) is 1. The molecule has 0 aromatic heterocycles. The molecule has 292 valence electrons. The fraction of sp³-hybridized carbons (Fsp3) is 0.829. The number of ether oxygens (including phenoxy) is 2. The zero-order valence-corrected chi connectivity index (χ0v) is 31.6. The Morgan fingerprint density at radius 3 is 1.68 bits per heavy atom. The van der Waals surface area contributed by atoms with E-state index in [1.165, 1.54) is 96.3 Å². The molecular weight excluding hydrogens is 634 g/mol. The van der Waals surface area contributed by atoms with Gasteiger partial charge in [0.1, 0.15) is 24.4 Å². The van der Waals surface area contributed by atoms with Crippen LogP contribution in [0.4, 0.5) is 0 Å². The molecular formula is C41H75NO8. The number of hydrogen-bond acceptors (Lipinski definition) is 8. The molecule has 50 heavy (non-hydrogen) atoms. The zero-order valence-electron chi connectivity index (χ0n) is 31.6. The lowest BCUT2D eigenvalue weighted by molar-refractivity contribution is -0.302. The van der Waals surface area contributed by atoms with E-state index >= 15 is 0 Å². The second kappa shape index (κ2) is 32.1. The molecule has 0 aromatic rings. The molecule has 7 atom stereocenters. The maximum atomic E-state index is 12.8. The number of aliphatic hydroxyl groups is 5. The average Bonchev–Trinajstić information content (AvgIpc) is 3.11. The number of amides is 1. The van der Waals surface area contributed by atoms with E-state index in [4.69, 9.17) is 9.47 Å². The van der Waals surface area contributed by atoms with Gasteiger partial charge in [0.05, 0.1) is 25.4 Å². The van der Waals surface area contributed by atoms with Crippen molar-refractivity contribution in [1.29, 1.82) is 0 Å². The van der Waals surface area contributed by atoms with E-state index in [-0.39, 0.29) is 12.5 Å². The second-order valence-corrected chi connectivity index (χ2v) is 14.1. The van der Waals surface area contributed by atoms with Crippen molar-refractivity contribution in [1.82, 2.24) is 5.32 Å². The van der Waals surface area contributed by atoms with Crippen molar-refractivity contribution in [2.24, 2.45) is 0 Å². The first-order valence-electron chi connectivity index (χ1n) is 20.2. The quantitative estimate of drug-likeness (QED) is 0.0314.